The van der Waals surface area contributed by atoms with Gasteiger partial charge in [0.05, 0.1) is 24.5 Å². The highest BCUT2D eigenvalue weighted by Crippen LogP contribution is 2.30. The molecule has 0 radical (unpaired) electrons. The van der Waals surface area contributed by atoms with Gasteiger partial charge in [-0.1, -0.05) is 12.1 Å². The zero-order chi connectivity index (χ0) is 18.8. The van der Waals surface area contributed by atoms with Crippen molar-refractivity contribution in [3.8, 4) is 5.75 Å². The molecule has 0 atom stereocenters. The SMILES string of the molecule is CS(=O)(=O)NC(=O)c1ccccc1C(=O)Oc1c(I)cc(I)cc1I. The standard InChI is InChI=1S/C15H10I3NO5S/c1-25(22,23)19-14(20)9-4-2-3-5-10(9)15(21)24-13-11(17)6-8(16)7-12(13)18/h2-7H,1H3,(H,19,20). The van der Waals surface area contributed by atoms with Crippen molar-refractivity contribution >= 4 is 89.7 Å². The summed E-state index contributed by atoms with van der Waals surface area (Å²) in [4.78, 5) is 24.6. The third-order valence-electron chi connectivity index (χ3n) is 2.83. The molecule has 0 aromatic heterocycles. The van der Waals surface area contributed by atoms with Gasteiger partial charge in [-0.3, -0.25) is 4.79 Å². The van der Waals surface area contributed by atoms with Crippen LogP contribution in [0.1, 0.15) is 20.7 Å². The number of nitrogens with one attached hydrogen (secondary N) is 1. The number of hydrogen-bond donors (Lipinski definition) is 1. The molecule has 0 unspecified atom stereocenters. The Morgan fingerprint density at radius 3 is 2.04 bits per heavy atom. The number of benzene rings is 2. The van der Waals surface area contributed by atoms with Gasteiger partial charge in [0, 0.05) is 3.57 Å². The quantitative estimate of drug-likeness (QED) is 0.301. The fourth-order valence-corrected chi connectivity index (χ4v) is 6.11. The molecule has 0 aliphatic carbocycles. The van der Waals surface area contributed by atoms with E-state index in [2.05, 4.69) is 67.8 Å². The maximum atomic E-state index is 12.5. The van der Waals surface area contributed by atoms with Crippen molar-refractivity contribution < 1.29 is 22.7 Å². The van der Waals surface area contributed by atoms with Crippen LogP contribution in [0.25, 0.3) is 0 Å². The number of carbonyl (C=O) groups excluding carboxylic acids is 2. The Hall–Kier alpha value is -0.480. The Morgan fingerprint density at radius 2 is 1.52 bits per heavy atom. The lowest BCUT2D eigenvalue weighted by molar-refractivity contribution is 0.0726. The first-order valence-corrected chi connectivity index (χ1v) is 11.7. The molecular weight excluding hydrogens is 687 g/mol. The summed E-state index contributed by atoms with van der Waals surface area (Å²) < 4.78 is 32.3. The zero-order valence-electron chi connectivity index (χ0n) is 12.5. The molecule has 0 bridgehead atoms. The smallest absolute Gasteiger partial charge is 0.344 e. The Labute approximate surface area is 185 Å². The fourth-order valence-electron chi connectivity index (χ4n) is 1.86. The summed E-state index contributed by atoms with van der Waals surface area (Å²) in [5, 5.41) is 0. The maximum Gasteiger partial charge on any atom is 0.344 e. The van der Waals surface area contributed by atoms with Crippen LogP contribution in [0.4, 0.5) is 0 Å². The summed E-state index contributed by atoms with van der Waals surface area (Å²) >= 11 is 6.28. The van der Waals surface area contributed by atoms with E-state index in [4.69, 9.17) is 4.74 Å². The van der Waals surface area contributed by atoms with Crippen molar-refractivity contribution in [2.24, 2.45) is 0 Å². The van der Waals surface area contributed by atoms with E-state index in [0.29, 0.717) is 5.75 Å². The summed E-state index contributed by atoms with van der Waals surface area (Å²) in [6, 6.07) is 9.58. The summed E-state index contributed by atoms with van der Waals surface area (Å²) in [6.45, 7) is 0. The van der Waals surface area contributed by atoms with E-state index in [-0.39, 0.29) is 11.1 Å². The van der Waals surface area contributed by atoms with E-state index in [0.717, 1.165) is 17.0 Å². The van der Waals surface area contributed by atoms with Crippen LogP contribution < -0.4 is 9.46 Å². The normalized spacial score (nSPS) is 11.0. The molecule has 0 saturated heterocycles. The number of sulfonamides is 1. The molecule has 2 rings (SSSR count). The van der Waals surface area contributed by atoms with Gasteiger partial charge in [-0.25, -0.2) is 17.9 Å². The molecule has 132 valence electrons. The fraction of sp³-hybridized carbons (Fsp3) is 0.0667. The van der Waals surface area contributed by atoms with E-state index in [1.165, 1.54) is 18.2 Å². The van der Waals surface area contributed by atoms with E-state index in [1.807, 2.05) is 16.9 Å². The average Bonchev–Trinajstić information content (AvgIpc) is 2.49. The number of hydrogen-bond acceptors (Lipinski definition) is 5. The van der Waals surface area contributed by atoms with Gasteiger partial charge in [0.2, 0.25) is 10.0 Å². The zero-order valence-corrected chi connectivity index (χ0v) is 19.8. The molecule has 1 N–H and O–H groups in total. The van der Waals surface area contributed by atoms with E-state index in [1.54, 1.807) is 6.07 Å². The minimum atomic E-state index is -3.75. The number of carbonyl (C=O) groups is 2. The summed E-state index contributed by atoms with van der Waals surface area (Å²) in [5.41, 5.74) is -0.0951. The van der Waals surface area contributed by atoms with Gasteiger partial charge in [0.15, 0.2) is 5.75 Å². The molecule has 25 heavy (non-hydrogen) atoms. The lowest BCUT2D eigenvalue weighted by atomic mass is 10.1. The molecule has 0 aliphatic rings. The van der Waals surface area contributed by atoms with Crippen molar-refractivity contribution in [2.45, 2.75) is 0 Å². The number of amides is 1. The molecule has 0 spiro atoms. The molecule has 6 nitrogen and oxygen atoms in total. The third kappa shape index (κ3) is 5.75. The minimum Gasteiger partial charge on any atom is -0.421 e. The highest BCUT2D eigenvalue weighted by Gasteiger charge is 2.22. The van der Waals surface area contributed by atoms with Gasteiger partial charge in [-0.2, -0.15) is 0 Å². The van der Waals surface area contributed by atoms with Crippen LogP contribution in [0.2, 0.25) is 0 Å². The third-order valence-corrected chi connectivity index (χ3v) is 5.61. The first-order valence-electron chi connectivity index (χ1n) is 6.56. The summed E-state index contributed by atoms with van der Waals surface area (Å²) in [6.07, 6.45) is 0.863. The van der Waals surface area contributed by atoms with E-state index >= 15 is 0 Å². The van der Waals surface area contributed by atoms with Gasteiger partial charge < -0.3 is 4.74 Å². The first-order chi connectivity index (χ1) is 11.6. The van der Waals surface area contributed by atoms with Crippen molar-refractivity contribution in [3.05, 3.63) is 58.2 Å². The Bertz CT molecular complexity index is 936. The second-order valence-corrected chi connectivity index (χ2v) is 10.2. The van der Waals surface area contributed by atoms with Crippen molar-refractivity contribution in [2.75, 3.05) is 6.26 Å². The van der Waals surface area contributed by atoms with Crippen molar-refractivity contribution in [1.82, 2.24) is 4.72 Å². The largest absolute Gasteiger partial charge is 0.421 e. The Kier molecular flexibility index (Phi) is 7.06. The second kappa shape index (κ2) is 8.47. The summed E-state index contributed by atoms with van der Waals surface area (Å²) in [7, 11) is -3.75. The average molecular weight is 697 g/mol. The van der Waals surface area contributed by atoms with Gasteiger partial charge in [0.25, 0.3) is 5.91 Å². The number of ether oxygens (including phenoxy) is 1. The second-order valence-electron chi connectivity index (χ2n) is 4.84. The highest BCUT2D eigenvalue weighted by molar-refractivity contribution is 14.1. The van der Waals surface area contributed by atoms with Crippen LogP contribution in [0.3, 0.4) is 0 Å². The van der Waals surface area contributed by atoms with Crippen LogP contribution in [0.15, 0.2) is 36.4 Å². The van der Waals surface area contributed by atoms with Crippen LogP contribution in [0.5, 0.6) is 5.75 Å². The van der Waals surface area contributed by atoms with Gasteiger partial charge in [-0.05, 0) is 92.0 Å². The lowest BCUT2D eigenvalue weighted by Crippen LogP contribution is -2.31. The number of rotatable bonds is 4. The van der Waals surface area contributed by atoms with Crippen molar-refractivity contribution in [3.63, 3.8) is 0 Å². The number of halogens is 3. The molecule has 0 aliphatic heterocycles. The highest BCUT2D eigenvalue weighted by atomic mass is 127. The van der Waals surface area contributed by atoms with Gasteiger partial charge in [0.1, 0.15) is 0 Å². The molecular formula is C15H10I3NO5S. The Morgan fingerprint density at radius 1 is 1.00 bits per heavy atom. The molecule has 0 saturated carbocycles. The van der Waals surface area contributed by atoms with E-state index in [9.17, 15) is 18.0 Å². The monoisotopic (exact) mass is 697 g/mol. The molecule has 2 aromatic rings. The van der Waals surface area contributed by atoms with Gasteiger partial charge >= 0.3 is 5.97 Å². The maximum absolute atomic E-state index is 12.5. The van der Waals surface area contributed by atoms with Crippen LogP contribution in [-0.2, 0) is 10.0 Å². The molecule has 10 heteroatoms. The predicted octanol–water partition coefficient (Wildman–Crippen LogP) is 3.41. The predicted molar refractivity (Wildman–Crippen MR) is 118 cm³/mol. The minimum absolute atomic E-state index is 0.0196. The van der Waals surface area contributed by atoms with Gasteiger partial charge in [-0.15, -0.1) is 0 Å². The first kappa shape index (κ1) is 20.8. The topological polar surface area (TPSA) is 89.5 Å². The van der Waals surface area contributed by atoms with Crippen LogP contribution >= 0.6 is 67.8 Å². The Balaban J connectivity index is 2.37. The van der Waals surface area contributed by atoms with Crippen LogP contribution in [0, 0.1) is 10.7 Å². The molecule has 0 heterocycles. The molecule has 1 amide bonds. The van der Waals surface area contributed by atoms with Crippen molar-refractivity contribution in [1.29, 1.82) is 0 Å². The van der Waals surface area contributed by atoms with E-state index < -0.39 is 21.9 Å². The number of esters is 1. The van der Waals surface area contributed by atoms with Crippen LogP contribution in [-0.4, -0.2) is 26.6 Å². The molecule has 0 fully saturated rings. The lowest BCUT2D eigenvalue weighted by Gasteiger charge is -2.12. The summed E-state index contributed by atoms with van der Waals surface area (Å²) in [5.74, 6) is -1.23. The molecule has 2 aromatic carbocycles.